The molecule has 7 nitrogen and oxygen atoms in total. The summed E-state index contributed by atoms with van der Waals surface area (Å²) >= 11 is 0. The number of piperidine rings is 1. The van der Waals surface area contributed by atoms with Gasteiger partial charge in [0.15, 0.2) is 0 Å². The van der Waals surface area contributed by atoms with Crippen LogP contribution in [0.25, 0.3) is 0 Å². The highest BCUT2D eigenvalue weighted by atomic mass is 35.5. The molecule has 1 aromatic rings. The van der Waals surface area contributed by atoms with E-state index in [1.165, 1.54) is 0 Å². The summed E-state index contributed by atoms with van der Waals surface area (Å²) in [6, 6.07) is 1.95. The fourth-order valence-electron chi connectivity index (χ4n) is 2.84. The smallest absolute Gasteiger partial charge is 0.272 e. The van der Waals surface area contributed by atoms with Crippen LogP contribution in [0, 0.1) is 0 Å². The van der Waals surface area contributed by atoms with Crippen LogP contribution in [0.1, 0.15) is 56.1 Å². The summed E-state index contributed by atoms with van der Waals surface area (Å²) < 4.78 is 1.82. The SMILES string of the molecule is CCC(CC)(NC(=O)c1ccn(C2CCCNC2)n1)C(N)=O.Cl. The van der Waals surface area contributed by atoms with Crippen LogP contribution in [-0.2, 0) is 4.79 Å². The van der Waals surface area contributed by atoms with Crippen LogP contribution >= 0.6 is 12.4 Å². The zero-order valence-corrected chi connectivity index (χ0v) is 14.5. The molecule has 1 unspecified atom stereocenters. The van der Waals surface area contributed by atoms with E-state index >= 15 is 0 Å². The van der Waals surface area contributed by atoms with Gasteiger partial charge in [-0.25, -0.2) is 0 Å². The zero-order valence-electron chi connectivity index (χ0n) is 13.7. The molecule has 8 heteroatoms. The van der Waals surface area contributed by atoms with Crippen LogP contribution in [0.15, 0.2) is 12.3 Å². The molecule has 2 amide bonds. The summed E-state index contributed by atoms with van der Waals surface area (Å²) in [7, 11) is 0. The first-order valence-corrected chi connectivity index (χ1v) is 7.90. The maximum absolute atomic E-state index is 12.4. The quantitative estimate of drug-likeness (QED) is 0.717. The molecule has 0 spiro atoms. The average molecular weight is 344 g/mol. The lowest BCUT2D eigenvalue weighted by atomic mass is 9.92. The molecule has 1 aromatic heterocycles. The van der Waals surface area contributed by atoms with Crippen LogP contribution in [0.5, 0.6) is 0 Å². The largest absolute Gasteiger partial charge is 0.368 e. The minimum absolute atomic E-state index is 0. The summed E-state index contributed by atoms with van der Waals surface area (Å²) in [5, 5.41) is 10.4. The molecule has 1 aliphatic heterocycles. The van der Waals surface area contributed by atoms with E-state index in [2.05, 4.69) is 15.7 Å². The molecule has 0 aliphatic carbocycles. The van der Waals surface area contributed by atoms with Gasteiger partial charge in [0.2, 0.25) is 5.91 Å². The van der Waals surface area contributed by atoms with E-state index in [1.807, 2.05) is 24.7 Å². The minimum atomic E-state index is -1.01. The summed E-state index contributed by atoms with van der Waals surface area (Å²) in [6.07, 6.45) is 4.87. The molecule has 1 atom stereocenters. The molecule has 1 saturated heterocycles. The highest BCUT2D eigenvalue weighted by molar-refractivity contribution is 5.97. The third kappa shape index (κ3) is 4.23. The molecular formula is C15H26ClN5O2. The van der Waals surface area contributed by atoms with Crippen molar-refractivity contribution in [1.29, 1.82) is 0 Å². The van der Waals surface area contributed by atoms with Gasteiger partial charge in [-0.05, 0) is 38.3 Å². The number of aromatic nitrogens is 2. The number of carbonyl (C=O) groups is 2. The Morgan fingerprint density at radius 1 is 1.48 bits per heavy atom. The zero-order chi connectivity index (χ0) is 16.2. The molecule has 0 bridgehead atoms. The number of hydrogen-bond acceptors (Lipinski definition) is 4. The van der Waals surface area contributed by atoms with Gasteiger partial charge in [-0.3, -0.25) is 14.3 Å². The molecule has 0 radical (unpaired) electrons. The second kappa shape index (κ2) is 8.31. The molecule has 0 aromatic carbocycles. The van der Waals surface area contributed by atoms with Crippen LogP contribution in [0.2, 0.25) is 0 Å². The van der Waals surface area contributed by atoms with Gasteiger partial charge in [0.25, 0.3) is 5.91 Å². The number of hydrogen-bond donors (Lipinski definition) is 3. The van der Waals surface area contributed by atoms with Crippen LogP contribution in [-0.4, -0.2) is 40.2 Å². The molecule has 130 valence electrons. The van der Waals surface area contributed by atoms with Gasteiger partial charge in [-0.15, -0.1) is 12.4 Å². The van der Waals surface area contributed by atoms with Crippen LogP contribution in [0.4, 0.5) is 0 Å². The first kappa shape index (κ1) is 19.4. The summed E-state index contributed by atoms with van der Waals surface area (Å²) in [5.41, 5.74) is 4.76. The highest BCUT2D eigenvalue weighted by Crippen LogP contribution is 2.18. The van der Waals surface area contributed by atoms with Crippen molar-refractivity contribution in [1.82, 2.24) is 20.4 Å². The van der Waals surface area contributed by atoms with Crippen molar-refractivity contribution in [3.05, 3.63) is 18.0 Å². The number of nitrogens with one attached hydrogen (secondary N) is 2. The average Bonchev–Trinajstić information content (AvgIpc) is 3.03. The molecule has 1 fully saturated rings. The lowest BCUT2D eigenvalue weighted by Crippen LogP contribution is -2.56. The summed E-state index contributed by atoms with van der Waals surface area (Å²) in [6.45, 7) is 5.55. The Bertz CT molecular complexity index is 536. The number of halogens is 1. The second-order valence-electron chi connectivity index (χ2n) is 5.79. The third-order valence-corrected chi connectivity index (χ3v) is 4.52. The van der Waals surface area contributed by atoms with Crippen molar-refractivity contribution in [2.24, 2.45) is 5.73 Å². The van der Waals surface area contributed by atoms with Gasteiger partial charge in [-0.2, -0.15) is 5.10 Å². The van der Waals surface area contributed by atoms with E-state index in [0.717, 1.165) is 25.9 Å². The Morgan fingerprint density at radius 3 is 2.70 bits per heavy atom. The Hall–Kier alpha value is -1.60. The standard InChI is InChI=1S/C15H25N5O2.ClH/c1-3-15(4-2,14(16)22)18-13(21)12-7-9-20(19-12)11-6-5-8-17-10-11;/h7,9,11,17H,3-6,8,10H2,1-2H3,(H2,16,22)(H,18,21);1H. The number of nitrogens with zero attached hydrogens (tertiary/aromatic N) is 2. The number of amides is 2. The predicted molar refractivity (Wildman–Crippen MR) is 90.6 cm³/mol. The van der Waals surface area contributed by atoms with Gasteiger partial charge >= 0.3 is 0 Å². The highest BCUT2D eigenvalue weighted by Gasteiger charge is 2.35. The molecular weight excluding hydrogens is 318 g/mol. The monoisotopic (exact) mass is 343 g/mol. The van der Waals surface area contributed by atoms with E-state index < -0.39 is 11.4 Å². The number of carbonyl (C=O) groups excluding carboxylic acids is 2. The van der Waals surface area contributed by atoms with Crippen molar-refractivity contribution in [2.75, 3.05) is 13.1 Å². The van der Waals surface area contributed by atoms with Crippen molar-refractivity contribution in [2.45, 2.75) is 51.1 Å². The van der Waals surface area contributed by atoms with Gasteiger partial charge < -0.3 is 16.4 Å². The lowest BCUT2D eigenvalue weighted by molar-refractivity contribution is -0.124. The summed E-state index contributed by atoms with van der Waals surface area (Å²) in [4.78, 5) is 24.0. The fraction of sp³-hybridized carbons (Fsp3) is 0.667. The molecule has 2 heterocycles. The first-order chi connectivity index (χ1) is 10.5. The molecule has 0 saturated carbocycles. The predicted octanol–water partition coefficient (Wildman–Crippen LogP) is 1.00. The molecule has 4 N–H and O–H groups in total. The minimum Gasteiger partial charge on any atom is -0.368 e. The normalized spacial score (nSPS) is 18.1. The number of nitrogens with two attached hydrogens (primary N) is 1. The Balaban J connectivity index is 0.00000264. The van der Waals surface area contributed by atoms with Crippen molar-refractivity contribution < 1.29 is 9.59 Å². The second-order valence-corrected chi connectivity index (χ2v) is 5.79. The Labute approximate surface area is 142 Å². The van der Waals surface area contributed by atoms with Gasteiger partial charge in [0.05, 0.1) is 6.04 Å². The van der Waals surface area contributed by atoms with E-state index in [0.29, 0.717) is 18.5 Å². The van der Waals surface area contributed by atoms with Crippen LogP contribution in [0.3, 0.4) is 0 Å². The summed E-state index contributed by atoms with van der Waals surface area (Å²) in [5.74, 6) is -0.869. The number of rotatable bonds is 6. The van der Waals surface area contributed by atoms with E-state index in [1.54, 1.807) is 6.07 Å². The maximum atomic E-state index is 12.4. The van der Waals surface area contributed by atoms with Gasteiger partial charge in [0.1, 0.15) is 11.2 Å². The maximum Gasteiger partial charge on any atom is 0.272 e. The molecule has 23 heavy (non-hydrogen) atoms. The fourth-order valence-corrected chi connectivity index (χ4v) is 2.84. The van der Waals surface area contributed by atoms with E-state index in [4.69, 9.17) is 5.73 Å². The first-order valence-electron chi connectivity index (χ1n) is 7.90. The van der Waals surface area contributed by atoms with Gasteiger partial charge in [-0.1, -0.05) is 13.8 Å². The Kier molecular flexibility index (Phi) is 7.02. The van der Waals surface area contributed by atoms with Gasteiger partial charge in [0, 0.05) is 12.7 Å². The molecule has 1 aliphatic rings. The van der Waals surface area contributed by atoms with Crippen molar-refractivity contribution in [3.8, 4) is 0 Å². The van der Waals surface area contributed by atoms with Crippen molar-refractivity contribution in [3.63, 3.8) is 0 Å². The lowest BCUT2D eigenvalue weighted by Gasteiger charge is -2.28. The third-order valence-electron chi connectivity index (χ3n) is 4.52. The van der Waals surface area contributed by atoms with E-state index in [-0.39, 0.29) is 24.4 Å². The van der Waals surface area contributed by atoms with E-state index in [9.17, 15) is 9.59 Å². The molecule has 2 rings (SSSR count). The van der Waals surface area contributed by atoms with Crippen LogP contribution < -0.4 is 16.4 Å². The topological polar surface area (TPSA) is 102 Å². The Morgan fingerprint density at radius 2 is 2.17 bits per heavy atom. The number of primary amides is 1. The van der Waals surface area contributed by atoms with Crippen molar-refractivity contribution >= 4 is 24.2 Å².